The normalized spacial score (nSPS) is 18.6. The van der Waals surface area contributed by atoms with E-state index in [0.717, 1.165) is 28.8 Å². The van der Waals surface area contributed by atoms with Gasteiger partial charge in [-0.25, -0.2) is 5.26 Å². The van der Waals surface area contributed by atoms with E-state index in [-0.39, 0.29) is 20.1 Å². The first-order chi connectivity index (χ1) is 17.7. The SMILES string of the molecule is CN1[CH-]N(c2[c-]cc(C#N)cc2)c2cc3c(cc21)C1CCC3CC1.[Ir+3].[c-]1ccccc1-c1ccccn1. The Kier molecular flexibility index (Phi) is 7.42. The molecule has 0 spiro atoms. The summed E-state index contributed by atoms with van der Waals surface area (Å²) in [7, 11) is 2.11. The smallest absolute Gasteiger partial charge is 0.504 e. The van der Waals surface area contributed by atoms with Gasteiger partial charge in [-0.3, -0.25) is 0 Å². The van der Waals surface area contributed by atoms with Crippen molar-refractivity contribution < 1.29 is 20.1 Å². The van der Waals surface area contributed by atoms with Crippen molar-refractivity contribution in [1.82, 2.24) is 4.98 Å². The summed E-state index contributed by atoms with van der Waals surface area (Å²) in [6, 6.07) is 32.7. The van der Waals surface area contributed by atoms with Crippen LogP contribution < -0.4 is 9.80 Å². The molecule has 8 rings (SSSR count). The zero-order chi connectivity index (χ0) is 24.5. The molecule has 1 saturated carbocycles. The van der Waals surface area contributed by atoms with Crippen LogP contribution in [0, 0.1) is 30.1 Å². The third-order valence-electron chi connectivity index (χ3n) is 7.55. The van der Waals surface area contributed by atoms with Gasteiger partial charge < -0.3 is 14.8 Å². The molecule has 2 bridgehead atoms. The molecule has 184 valence electrons. The Morgan fingerprint density at radius 1 is 0.919 bits per heavy atom. The van der Waals surface area contributed by atoms with Crippen molar-refractivity contribution >= 4 is 17.1 Å². The summed E-state index contributed by atoms with van der Waals surface area (Å²) in [6.45, 7) is 2.12. The minimum Gasteiger partial charge on any atom is -0.504 e. The quantitative estimate of drug-likeness (QED) is 0.211. The summed E-state index contributed by atoms with van der Waals surface area (Å²) in [6.07, 6.45) is 7.20. The Hall–Kier alpha value is -3.45. The summed E-state index contributed by atoms with van der Waals surface area (Å²) >= 11 is 0. The summed E-state index contributed by atoms with van der Waals surface area (Å²) in [5, 5.41) is 8.99. The summed E-state index contributed by atoms with van der Waals surface area (Å²) in [5.74, 6) is 1.51. The van der Waals surface area contributed by atoms with Crippen LogP contribution in [0.1, 0.15) is 54.2 Å². The Balaban J connectivity index is 0.000000183. The summed E-state index contributed by atoms with van der Waals surface area (Å²) in [4.78, 5) is 8.61. The van der Waals surface area contributed by atoms with Crippen LogP contribution in [0.3, 0.4) is 0 Å². The van der Waals surface area contributed by atoms with Crippen LogP contribution in [0.5, 0.6) is 0 Å². The molecule has 4 aromatic rings. The first-order valence-corrected chi connectivity index (χ1v) is 12.6. The molecule has 0 N–H and O–H groups in total. The van der Waals surface area contributed by atoms with Gasteiger partial charge in [-0.2, -0.15) is 24.9 Å². The van der Waals surface area contributed by atoms with Gasteiger partial charge in [0.2, 0.25) is 0 Å². The van der Waals surface area contributed by atoms with Crippen molar-refractivity contribution in [3.63, 3.8) is 0 Å². The molecule has 0 unspecified atom stereocenters. The number of pyridine rings is 1. The number of hydrogen-bond acceptors (Lipinski definition) is 4. The van der Waals surface area contributed by atoms with Crippen molar-refractivity contribution in [2.45, 2.75) is 37.5 Å². The van der Waals surface area contributed by atoms with Crippen LogP contribution in [0.15, 0.2) is 79.0 Å². The molecule has 4 aliphatic rings. The Bertz CT molecular complexity index is 1350. The molecule has 0 atom stereocenters. The zero-order valence-electron chi connectivity index (χ0n) is 20.7. The second kappa shape index (κ2) is 10.9. The van der Waals surface area contributed by atoms with Crippen molar-refractivity contribution in [2.75, 3.05) is 16.8 Å². The largest absolute Gasteiger partial charge is 3.00 e. The third-order valence-corrected chi connectivity index (χ3v) is 7.55. The van der Waals surface area contributed by atoms with Crippen LogP contribution >= 0.6 is 0 Å². The van der Waals surface area contributed by atoms with E-state index >= 15 is 0 Å². The second-order valence-electron chi connectivity index (χ2n) is 9.68. The maximum absolute atomic E-state index is 8.99. The van der Waals surface area contributed by atoms with Gasteiger partial charge in [0.15, 0.2) is 0 Å². The van der Waals surface area contributed by atoms with Crippen LogP contribution in [-0.2, 0) is 20.1 Å². The van der Waals surface area contributed by atoms with E-state index in [0.29, 0.717) is 5.56 Å². The van der Waals surface area contributed by atoms with Crippen molar-refractivity contribution in [1.29, 1.82) is 5.26 Å². The van der Waals surface area contributed by atoms with E-state index < -0.39 is 0 Å². The fourth-order valence-electron chi connectivity index (χ4n) is 5.71. The molecule has 1 aliphatic heterocycles. The van der Waals surface area contributed by atoms with Gasteiger partial charge in [-0.05, 0) is 79.6 Å². The van der Waals surface area contributed by atoms with Crippen LogP contribution in [0.25, 0.3) is 11.3 Å². The number of fused-ring (bicyclic) bond motifs is 3. The first-order valence-electron chi connectivity index (χ1n) is 12.6. The van der Waals surface area contributed by atoms with Crippen LogP contribution in [-0.4, -0.2) is 12.0 Å². The maximum atomic E-state index is 8.99. The molecule has 0 saturated heterocycles. The zero-order valence-corrected chi connectivity index (χ0v) is 23.1. The second-order valence-corrected chi connectivity index (χ2v) is 9.68. The van der Waals surface area contributed by atoms with Gasteiger partial charge in [0.05, 0.1) is 0 Å². The van der Waals surface area contributed by atoms with Crippen LogP contribution in [0.4, 0.5) is 17.1 Å². The van der Waals surface area contributed by atoms with Gasteiger partial charge in [0, 0.05) is 23.6 Å². The van der Waals surface area contributed by atoms with E-state index in [4.69, 9.17) is 5.26 Å². The average molecular weight is 660 g/mol. The van der Waals surface area contributed by atoms with Crippen molar-refractivity contribution in [3.8, 4) is 17.3 Å². The molecule has 1 aromatic heterocycles. The molecule has 37 heavy (non-hydrogen) atoms. The molecule has 0 radical (unpaired) electrons. The number of benzene rings is 3. The number of nitrogens with zero attached hydrogens (tertiary/aromatic N) is 4. The molecule has 4 nitrogen and oxygen atoms in total. The van der Waals surface area contributed by atoms with Gasteiger partial charge in [-0.15, -0.1) is 47.6 Å². The fourth-order valence-corrected chi connectivity index (χ4v) is 5.71. The molecule has 5 heteroatoms. The van der Waals surface area contributed by atoms with Gasteiger partial charge in [0.1, 0.15) is 0 Å². The number of nitriles is 1. The molecular weight excluding hydrogens is 633 g/mol. The minimum absolute atomic E-state index is 0. The molecule has 1 fully saturated rings. The summed E-state index contributed by atoms with van der Waals surface area (Å²) < 4.78 is 0. The monoisotopic (exact) mass is 660 g/mol. The molecule has 3 aliphatic carbocycles. The predicted octanol–water partition coefficient (Wildman–Crippen LogP) is 7.37. The Morgan fingerprint density at radius 3 is 2.24 bits per heavy atom. The molecule has 2 heterocycles. The molecule has 0 amide bonds. The van der Waals surface area contributed by atoms with Gasteiger partial charge in [-0.1, -0.05) is 17.7 Å². The van der Waals surface area contributed by atoms with Crippen molar-refractivity contribution in [3.05, 3.63) is 114 Å². The predicted molar refractivity (Wildman–Crippen MR) is 144 cm³/mol. The first kappa shape index (κ1) is 25.2. The van der Waals surface area contributed by atoms with E-state index in [2.05, 4.69) is 58.8 Å². The van der Waals surface area contributed by atoms with E-state index in [9.17, 15) is 0 Å². The van der Waals surface area contributed by atoms with Crippen LogP contribution in [0.2, 0.25) is 0 Å². The summed E-state index contributed by atoms with van der Waals surface area (Å²) in [5.41, 5.74) is 9.32. The number of aromatic nitrogens is 1. The van der Waals surface area contributed by atoms with E-state index in [1.165, 1.54) is 37.1 Å². The number of hydrogen-bond donors (Lipinski definition) is 0. The fraction of sp³-hybridized carbons (Fsp3) is 0.219. The molecular formula is C32H27IrN4. The number of anilines is 3. The van der Waals surface area contributed by atoms with E-state index in [1.54, 1.807) is 23.4 Å². The Morgan fingerprint density at radius 2 is 1.65 bits per heavy atom. The maximum Gasteiger partial charge on any atom is 3.00 e. The third kappa shape index (κ3) is 4.92. The minimum atomic E-state index is 0. The van der Waals surface area contributed by atoms with Gasteiger partial charge in [0.25, 0.3) is 0 Å². The Labute approximate surface area is 232 Å². The van der Waals surface area contributed by atoms with E-state index in [1.807, 2.05) is 54.6 Å². The standard InChI is InChI=1S/C21H19N3.C11H8N.Ir/c1-23-13-24(17-8-2-14(12-22)3-9-17)21-11-19-16-6-4-15(5-7-16)18(19)10-20(21)23;1-2-6-10(7-3-1)11-8-4-5-9-12-11;/h2-3,8,10-11,13,15-16H,4-7H2,1H3;1-6,8-9H;/q-2;-1;+3. The number of rotatable bonds is 2. The average Bonchev–Trinajstić information content (AvgIpc) is 3.29. The molecule has 3 aromatic carbocycles. The van der Waals surface area contributed by atoms with Gasteiger partial charge >= 0.3 is 20.1 Å². The van der Waals surface area contributed by atoms with Crippen molar-refractivity contribution in [2.24, 2.45) is 0 Å². The topological polar surface area (TPSA) is 43.2 Å².